The summed E-state index contributed by atoms with van der Waals surface area (Å²) in [4.78, 5) is 22.3. The Labute approximate surface area is 263 Å². The average molecular weight is 605 g/mol. The molecule has 4 rings (SSSR count). The van der Waals surface area contributed by atoms with Gasteiger partial charge in [-0.05, 0) is 90.1 Å². The van der Waals surface area contributed by atoms with Crippen molar-refractivity contribution in [1.82, 2.24) is 4.90 Å². The number of amides is 1. The number of nitrogens with zero attached hydrogens (tertiary/aromatic N) is 3. The molecule has 1 amide bonds. The first-order valence-electron chi connectivity index (χ1n) is 15.3. The molecule has 1 aliphatic carbocycles. The van der Waals surface area contributed by atoms with Gasteiger partial charge >= 0.3 is 0 Å². The maximum absolute atomic E-state index is 14.0. The molecule has 3 aromatic carbocycles. The molecule has 3 aromatic rings. The third-order valence-electron chi connectivity index (χ3n) is 8.10. The number of rotatable bonds is 9. The van der Waals surface area contributed by atoms with E-state index in [2.05, 4.69) is 79.9 Å². The van der Waals surface area contributed by atoms with Gasteiger partial charge in [-0.1, -0.05) is 76.6 Å². The van der Waals surface area contributed by atoms with Crippen LogP contribution in [0.2, 0.25) is 0 Å². The van der Waals surface area contributed by atoms with Crippen molar-refractivity contribution in [2.45, 2.75) is 77.4 Å². The van der Waals surface area contributed by atoms with Crippen LogP contribution in [0, 0.1) is 12.7 Å². The highest BCUT2D eigenvalue weighted by molar-refractivity contribution is 8.00. The van der Waals surface area contributed by atoms with Gasteiger partial charge in [0.25, 0.3) is 0 Å². The van der Waals surface area contributed by atoms with Crippen molar-refractivity contribution in [3.05, 3.63) is 94.8 Å². The zero-order valence-electron chi connectivity index (χ0n) is 27.4. The fourth-order valence-corrected chi connectivity index (χ4v) is 6.42. The van der Waals surface area contributed by atoms with Crippen LogP contribution in [0.3, 0.4) is 0 Å². The molecule has 7 heteroatoms. The minimum atomic E-state index is -0.258. The van der Waals surface area contributed by atoms with E-state index in [9.17, 15) is 9.18 Å². The van der Waals surface area contributed by atoms with Crippen molar-refractivity contribution in [1.29, 1.82) is 0 Å². The van der Waals surface area contributed by atoms with Crippen LogP contribution in [0.5, 0.6) is 0 Å². The van der Waals surface area contributed by atoms with Crippen molar-refractivity contribution in [3.63, 3.8) is 0 Å². The lowest BCUT2D eigenvalue weighted by Crippen LogP contribution is -2.41. The predicted molar refractivity (Wildman–Crippen MR) is 184 cm³/mol. The van der Waals surface area contributed by atoms with Crippen LogP contribution in [0.25, 0.3) is 0 Å². The standard InChI is InChI=1S/C34H43FN4OS.C2H6/c1-23-11-13-25(14-12-23)24(2)19-33(40)39(22-32(36-5)38(6)7)28-15-16-30-29(21-28)31(17-18-34(30,3)4)41-37-27-10-8-9-26(35)20-27;1-2/h8-16,20-21,24,31,37H,17-19,22H2,1-7H3;1-2H3. The van der Waals surface area contributed by atoms with Crippen molar-refractivity contribution in [2.75, 3.05) is 37.3 Å². The van der Waals surface area contributed by atoms with Gasteiger partial charge in [-0.2, -0.15) is 0 Å². The number of hydrogen-bond acceptors (Lipinski definition) is 4. The molecule has 0 aliphatic heterocycles. The van der Waals surface area contributed by atoms with Gasteiger partial charge in [0.15, 0.2) is 0 Å². The van der Waals surface area contributed by atoms with E-state index in [1.54, 1.807) is 25.1 Å². The van der Waals surface area contributed by atoms with Crippen LogP contribution in [0.1, 0.15) is 87.3 Å². The molecule has 43 heavy (non-hydrogen) atoms. The molecule has 232 valence electrons. The fourth-order valence-electron chi connectivity index (χ4n) is 5.46. The number of carbonyl (C=O) groups excluding carboxylic acids is 1. The number of anilines is 2. The van der Waals surface area contributed by atoms with E-state index in [-0.39, 0.29) is 28.3 Å². The van der Waals surface area contributed by atoms with Gasteiger partial charge in [-0.25, -0.2) is 4.39 Å². The van der Waals surface area contributed by atoms with Crippen molar-refractivity contribution in [3.8, 4) is 0 Å². The fraction of sp³-hybridized carbons (Fsp3) is 0.444. The first-order valence-corrected chi connectivity index (χ1v) is 16.2. The summed E-state index contributed by atoms with van der Waals surface area (Å²) in [5, 5.41) is 0.165. The second kappa shape index (κ2) is 15.4. The van der Waals surface area contributed by atoms with Gasteiger partial charge in [0.05, 0.1) is 6.54 Å². The Balaban J connectivity index is 0.00000248. The highest BCUT2D eigenvalue weighted by Crippen LogP contribution is 2.48. The number of halogens is 1. The number of aryl methyl sites for hydroxylation is 1. The monoisotopic (exact) mass is 604 g/mol. The predicted octanol–water partition coefficient (Wildman–Crippen LogP) is 9.15. The Kier molecular flexibility index (Phi) is 12.3. The number of nitrogens with one attached hydrogen (secondary N) is 1. The highest BCUT2D eigenvalue weighted by Gasteiger charge is 2.34. The molecule has 1 aliphatic rings. The summed E-state index contributed by atoms with van der Waals surface area (Å²) in [6, 6.07) is 21.5. The normalized spacial score (nSPS) is 16.3. The first kappa shape index (κ1) is 34.2. The van der Waals surface area contributed by atoms with E-state index in [0.717, 1.165) is 35.6 Å². The van der Waals surface area contributed by atoms with Crippen molar-refractivity contribution in [2.24, 2.45) is 4.99 Å². The Morgan fingerprint density at radius 1 is 1.09 bits per heavy atom. The largest absolute Gasteiger partial charge is 0.365 e. The molecule has 2 unspecified atom stereocenters. The summed E-state index contributed by atoms with van der Waals surface area (Å²) in [5.41, 5.74) is 6.53. The number of fused-ring (bicyclic) bond motifs is 1. The van der Waals surface area contributed by atoms with Crippen LogP contribution in [-0.4, -0.2) is 44.3 Å². The molecule has 0 radical (unpaired) electrons. The van der Waals surface area contributed by atoms with E-state index in [4.69, 9.17) is 0 Å². The number of likely N-dealkylation sites (N-methyl/N-ethyl adjacent to an activating group) is 1. The summed E-state index contributed by atoms with van der Waals surface area (Å²) >= 11 is 1.61. The number of aliphatic imine (C=N–C) groups is 1. The summed E-state index contributed by atoms with van der Waals surface area (Å²) in [6.45, 7) is 13.1. The summed E-state index contributed by atoms with van der Waals surface area (Å²) in [7, 11) is 5.69. The molecular formula is C36H49FN4OS. The Hall–Kier alpha value is -3.32. The van der Waals surface area contributed by atoms with Crippen LogP contribution in [0.15, 0.2) is 71.7 Å². The van der Waals surface area contributed by atoms with Crippen molar-refractivity contribution < 1.29 is 9.18 Å². The van der Waals surface area contributed by atoms with Gasteiger partial charge in [0.1, 0.15) is 11.7 Å². The SMILES string of the molecule is CC.CN=C(CN(C(=O)CC(C)c1ccc(C)cc1)c1ccc2c(c1)C(SNc1cccc(F)c1)CCC2(C)C)N(C)C. The molecule has 0 saturated heterocycles. The van der Waals surface area contributed by atoms with Crippen LogP contribution >= 0.6 is 11.9 Å². The smallest absolute Gasteiger partial charge is 0.228 e. The van der Waals surface area contributed by atoms with Gasteiger partial charge in [0.2, 0.25) is 5.91 Å². The van der Waals surface area contributed by atoms with E-state index >= 15 is 0 Å². The van der Waals surface area contributed by atoms with Gasteiger partial charge in [0, 0.05) is 44.2 Å². The Bertz CT molecular complexity index is 1390. The summed E-state index contributed by atoms with van der Waals surface area (Å²) < 4.78 is 17.2. The van der Waals surface area contributed by atoms with Gasteiger partial charge < -0.3 is 14.5 Å². The molecule has 0 saturated carbocycles. The van der Waals surface area contributed by atoms with E-state index in [1.807, 2.05) is 43.8 Å². The zero-order valence-corrected chi connectivity index (χ0v) is 28.2. The zero-order chi connectivity index (χ0) is 31.7. The lowest BCUT2D eigenvalue weighted by molar-refractivity contribution is -0.118. The molecule has 0 bridgehead atoms. The quantitative estimate of drug-likeness (QED) is 0.150. The highest BCUT2D eigenvalue weighted by atomic mass is 32.2. The van der Waals surface area contributed by atoms with Crippen LogP contribution < -0.4 is 9.62 Å². The van der Waals surface area contributed by atoms with Crippen molar-refractivity contribution >= 4 is 35.1 Å². The summed E-state index contributed by atoms with van der Waals surface area (Å²) in [6.07, 6.45) is 2.43. The lowest BCUT2D eigenvalue weighted by atomic mass is 9.72. The molecule has 5 nitrogen and oxygen atoms in total. The van der Waals surface area contributed by atoms with E-state index in [0.29, 0.717) is 13.0 Å². The average Bonchev–Trinajstić information content (AvgIpc) is 2.98. The van der Waals surface area contributed by atoms with Gasteiger partial charge in [-0.15, -0.1) is 0 Å². The summed E-state index contributed by atoms with van der Waals surface area (Å²) in [5.74, 6) is 0.727. The number of hydrogen-bond donors (Lipinski definition) is 1. The van der Waals surface area contributed by atoms with Crippen LogP contribution in [-0.2, 0) is 10.2 Å². The number of amidine groups is 1. The molecule has 0 aromatic heterocycles. The first-order chi connectivity index (χ1) is 20.5. The molecular weight excluding hydrogens is 555 g/mol. The molecule has 2 atom stereocenters. The third kappa shape index (κ3) is 8.85. The molecule has 0 heterocycles. The maximum atomic E-state index is 14.0. The lowest BCUT2D eigenvalue weighted by Gasteiger charge is -2.38. The Morgan fingerprint density at radius 2 is 1.79 bits per heavy atom. The molecule has 1 N–H and O–H groups in total. The number of benzene rings is 3. The third-order valence-corrected chi connectivity index (χ3v) is 9.23. The van der Waals surface area contributed by atoms with Crippen LogP contribution in [0.4, 0.5) is 15.8 Å². The molecule has 0 spiro atoms. The number of carbonyl (C=O) groups is 1. The second-order valence-electron chi connectivity index (χ2n) is 11.9. The van der Waals surface area contributed by atoms with Gasteiger partial charge in [-0.3, -0.25) is 9.79 Å². The Morgan fingerprint density at radius 3 is 2.42 bits per heavy atom. The van der Waals surface area contributed by atoms with E-state index in [1.165, 1.54) is 28.8 Å². The minimum Gasteiger partial charge on any atom is -0.365 e. The minimum absolute atomic E-state index is 0.0260. The molecule has 0 fully saturated rings. The maximum Gasteiger partial charge on any atom is 0.228 e. The second-order valence-corrected chi connectivity index (χ2v) is 13.0. The topological polar surface area (TPSA) is 47.9 Å². The van der Waals surface area contributed by atoms with E-state index < -0.39 is 0 Å².